The zero-order chi connectivity index (χ0) is 13.7. The van der Waals surface area contributed by atoms with Crippen molar-refractivity contribution in [3.8, 4) is 0 Å². The van der Waals surface area contributed by atoms with E-state index in [9.17, 15) is 4.79 Å². The Morgan fingerprint density at radius 1 is 1.32 bits per heavy atom. The molecule has 0 fully saturated rings. The lowest BCUT2D eigenvalue weighted by Crippen LogP contribution is -2.12. The average Bonchev–Trinajstić information content (AvgIpc) is 2.86. The van der Waals surface area contributed by atoms with E-state index < -0.39 is 0 Å². The van der Waals surface area contributed by atoms with Crippen LogP contribution in [0, 0.1) is 0 Å². The fraction of sp³-hybridized carbons (Fsp3) is 0.333. The summed E-state index contributed by atoms with van der Waals surface area (Å²) < 4.78 is 0. The van der Waals surface area contributed by atoms with Gasteiger partial charge in [-0.3, -0.25) is 9.89 Å². The Morgan fingerprint density at radius 3 is 2.68 bits per heavy atom. The maximum Gasteiger partial charge on any atom is 0.225 e. The number of nitrogens with zero attached hydrogens (tertiary/aromatic N) is 1. The molecule has 0 aliphatic heterocycles. The van der Waals surface area contributed by atoms with Crippen LogP contribution in [0.1, 0.15) is 37.4 Å². The molecular weight excluding hydrogens is 238 g/mol. The van der Waals surface area contributed by atoms with Gasteiger partial charge in [0, 0.05) is 18.2 Å². The van der Waals surface area contributed by atoms with E-state index in [2.05, 4.69) is 29.4 Å². The van der Waals surface area contributed by atoms with Gasteiger partial charge < -0.3 is 5.32 Å². The van der Waals surface area contributed by atoms with Crippen molar-refractivity contribution < 1.29 is 4.79 Å². The molecule has 4 heteroatoms. The Kier molecular flexibility index (Phi) is 4.34. The fourth-order valence-corrected chi connectivity index (χ4v) is 1.80. The molecule has 0 aliphatic carbocycles. The lowest BCUT2D eigenvalue weighted by molar-refractivity contribution is -0.116. The molecule has 0 aliphatic rings. The Labute approximate surface area is 113 Å². The first-order valence-electron chi connectivity index (χ1n) is 6.54. The van der Waals surface area contributed by atoms with Crippen LogP contribution in [0.25, 0.3) is 0 Å². The van der Waals surface area contributed by atoms with E-state index in [-0.39, 0.29) is 5.91 Å². The zero-order valence-electron chi connectivity index (χ0n) is 11.3. The van der Waals surface area contributed by atoms with E-state index in [1.807, 2.05) is 36.4 Å². The number of hydrogen-bond donors (Lipinski definition) is 2. The van der Waals surface area contributed by atoms with E-state index in [1.54, 1.807) is 0 Å². The highest BCUT2D eigenvalue weighted by Gasteiger charge is 2.08. The molecule has 0 spiro atoms. The van der Waals surface area contributed by atoms with Crippen LogP contribution in [-0.4, -0.2) is 16.1 Å². The van der Waals surface area contributed by atoms with Gasteiger partial charge in [0.05, 0.1) is 0 Å². The molecule has 1 amide bonds. The number of nitrogens with one attached hydrogen (secondary N) is 2. The van der Waals surface area contributed by atoms with Crippen LogP contribution in [-0.2, 0) is 11.2 Å². The predicted octanol–water partition coefficient (Wildman–Crippen LogP) is 3.10. The summed E-state index contributed by atoms with van der Waals surface area (Å²) in [5, 5.41) is 9.80. The molecule has 0 bridgehead atoms. The van der Waals surface area contributed by atoms with Crippen molar-refractivity contribution in [3.05, 3.63) is 47.7 Å². The average molecular weight is 257 g/mol. The molecule has 0 saturated carbocycles. The Bertz CT molecular complexity index is 531. The highest BCUT2D eigenvalue weighted by molar-refractivity contribution is 5.89. The van der Waals surface area contributed by atoms with Gasteiger partial charge in [-0.25, -0.2) is 0 Å². The molecule has 2 aromatic rings. The molecule has 19 heavy (non-hydrogen) atoms. The number of amides is 1. The van der Waals surface area contributed by atoms with Crippen LogP contribution in [0.2, 0.25) is 0 Å². The minimum Gasteiger partial charge on any atom is -0.309 e. The molecule has 1 aromatic carbocycles. The molecule has 4 nitrogen and oxygen atoms in total. The summed E-state index contributed by atoms with van der Waals surface area (Å²) in [6.45, 7) is 4.16. The Balaban J connectivity index is 1.84. The third-order valence-corrected chi connectivity index (χ3v) is 2.97. The molecule has 2 rings (SSSR count). The standard InChI is InChI=1S/C15H19N3O/c1-11(2)13-10-14(18-17-13)16-15(19)9-8-12-6-4-3-5-7-12/h3-7,10-11H,8-9H2,1-2H3,(H2,16,17,18,19). The van der Waals surface area contributed by atoms with Crippen molar-refractivity contribution in [1.82, 2.24) is 10.2 Å². The summed E-state index contributed by atoms with van der Waals surface area (Å²) in [6.07, 6.45) is 1.21. The second-order valence-electron chi connectivity index (χ2n) is 4.90. The SMILES string of the molecule is CC(C)c1cc(NC(=O)CCc2ccccc2)n[nH]1. The smallest absolute Gasteiger partial charge is 0.225 e. The fourth-order valence-electron chi connectivity index (χ4n) is 1.80. The summed E-state index contributed by atoms with van der Waals surface area (Å²) in [7, 11) is 0. The number of hydrogen-bond acceptors (Lipinski definition) is 2. The summed E-state index contributed by atoms with van der Waals surface area (Å²) >= 11 is 0. The normalized spacial score (nSPS) is 10.7. The maximum atomic E-state index is 11.8. The van der Waals surface area contributed by atoms with E-state index in [0.29, 0.717) is 18.2 Å². The monoisotopic (exact) mass is 257 g/mol. The van der Waals surface area contributed by atoms with Crippen molar-refractivity contribution in [1.29, 1.82) is 0 Å². The first-order chi connectivity index (χ1) is 9.15. The van der Waals surface area contributed by atoms with Gasteiger partial charge >= 0.3 is 0 Å². The molecule has 0 saturated heterocycles. The summed E-state index contributed by atoms with van der Waals surface area (Å²) in [5.74, 6) is 0.967. The largest absolute Gasteiger partial charge is 0.309 e. The van der Waals surface area contributed by atoms with Crippen LogP contribution in [0.5, 0.6) is 0 Å². The Morgan fingerprint density at radius 2 is 2.05 bits per heavy atom. The predicted molar refractivity (Wildman–Crippen MR) is 76.1 cm³/mol. The highest BCUT2D eigenvalue weighted by atomic mass is 16.1. The van der Waals surface area contributed by atoms with Crippen molar-refractivity contribution >= 4 is 11.7 Å². The van der Waals surface area contributed by atoms with Crippen molar-refractivity contribution in [3.63, 3.8) is 0 Å². The minimum absolute atomic E-state index is 0.00865. The number of aromatic nitrogens is 2. The molecular formula is C15H19N3O. The Hall–Kier alpha value is -2.10. The van der Waals surface area contributed by atoms with Gasteiger partial charge in [-0.1, -0.05) is 44.2 Å². The van der Waals surface area contributed by atoms with E-state index in [1.165, 1.54) is 5.56 Å². The number of benzene rings is 1. The topological polar surface area (TPSA) is 57.8 Å². The quantitative estimate of drug-likeness (QED) is 0.864. The van der Waals surface area contributed by atoms with Gasteiger partial charge in [0.1, 0.15) is 0 Å². The van der Waals surface area contributed by atoms with Gasteiger partial charge in [-0.15, -0.1) is 0 Å². The second-order valence-corrected chi connectivity index (χ2v) is 4.90. The second kappa shape index (κ2) is 6.18. The molecule has 0 radical (unpaired) electrons. The van der Waals surface area contributed by atoms with E-state index in [0.717, 1.165) is 12.1 Å². The van der Waals surface area contributed by atoms with Gasteiger partial charge in [0.2, 0.25) is 5.91 Å². The first kappa shape index (κ1) is 13.3. The summed E-state index contributed by atoms with van der Waals surface area (Å²) in [4.78, 5) is 11.8. The van der Waals surface area contributed by atoms with Crippen LogP contribution in [0.3, 0.4) is 0 Å². The van der Waals surface area contributed by atoms with Crippen LogP contribution in [0.15, 0.2) is 36.4 Å². The number of anilines is 1. The number of carbonyl (C=O) groups is 1. The molecule has 2 N–H and O–H groups in total. The third kappa shape index (κ3) is 3.95. The van der Waals surface area contributed by atoms with Crippen LogP contribution in [0.4, 0.5) is 5.82 Å². The zero-order valence-corrected chi connectivity index (χ0v) is 11.3. The number of H-pyrrole nitrogens is 1. The molecule has 0 unspecified atom stereocenters. The van der Waals surface area contributed by atoms with Gasteiger partial charge in [0.25, 0.3) is 0 Å². The number of rotatable bonds is 5. The number of carbonyl (C=O) groups excluding carboxylic acids is 1. The highest BCUT2D eigenvalue weighted by Crippen LogP contribution is 2.15. The summed E-state index contributed by atoms with van der Waals surface area (Å²) in [6, 6.07) is 11.9. The first-order valence-corrected chi connectivity index (χ1v) is 6.54. The molecule has 0 atom stereocenters. The van der Waals surface area contributed by atoms with E-state index >= 15 is 0 Å². The van der Waals surface area contributed by atoms with Crippen LogP contribution < -0.4 is 5.32 Å². The molecule has 1 aromatic heterocycles. The number of aryl methyl sites for hydroxylation is 1. The lowest BCUT2D eigenvalue weighted by Gasteiger charge is -2.02. The molecule has 1 heterocycles. The van der Waals surface area contributed by atoms with Gasteiger partial charge in [-0.2, -0.15) is 5.10 Å². The molecule has 100 valence electrons. The minimum atomic E-state index is -0.00865. The lowest BCUT2D eigenvalue weighted by atomic mass is 10.1. The van der Waals surface area contributed by atoms with Crippen LogP contribution >= 0.6 is 0 Å². The summed E-state index contributed by atoms with van der Waals surface area (Å²) in [5.41, 5.74) is 2.20. The third-order valence-electron chi connectivity index (χ3n) is 2.97. The van der Waals surface area contributed by atoms with E-state index in [4.69, 9.17) is 0 Å². The van der Waals surface area contributed by atoms with Gasteiger partial charge in [0.15, 0.2) is 5.82 Å². The van der Waals surface area contributed by atoms with Crippen molar-refractivity contribution in [2.24, 2.45) is 0 Å². The van der Waals surface area contributed by atoms with Crippen molar-refractivity contribution in [2.45, 2.75) is 32.6 Å². The van der Waals surface area contributed by atoms with Crippen molar-refractivity contribution in [2.75, 3.05) is 5.32 Å². The van der Waals surface area contributed by atoms with Gasteiger partial charge in [-0.05, 0) is 17.9 Å². The number of aromatic amines is 1. The maximum absolute atomic E-state index is 11.8.